The third-order valence-electron chi connectivity index (χ3n) is 5.04. The summed E-state index contributed by atoms with van der Waals surface area (Å²) in [6, 6.07) is 20.5. The second-order valence-electron chi connectivity index (χ2n) is 8.03. The van der Waals surface area contributed by atoms with Gasteiger partial charge >= 0.3 is 0 Å². The second-order valence-corrected chi connectivity index (χ2v) is 9.94. The molecule has 0 unspecified atom stereocenters. The zero-order valence-electron chi connectivity index (χ0n) is 20.7. The van der Waals surface area contributed by atoms with Crippen molar-refractivity contribution < 1.29 is 27.5 Å². The number of benzene rings is 3. The Hall–Kier alpha value is -4.38. The molecule has 0 aliphatic heterocycles. The maximum Gasteiger partial charge on any atom is 0.262 e. The molecule has 10 nitrogen and oxygen atoms in total. The summed E-state index contributed by atoms with van der Waals surface area (Å²) in [7, 11) is -2.10. The summed E-state index contributed by atoms with van der Waals surface area (Å²) in [6.07, 6.45) is 2.45. The zero-order valence-corrected chi connectivity index (χ0v) is 21.5. The maximum atomic E-state index is 12.3. The molecular weight excluding hydrogens is 496 g/mol. The van der Waals surface area contributed by atoms with Crippen molar-refractivity contribution in [2.24, 2.45) is 5.10 Å². The topological polar surface area (TPSA) is 126 Å². The maximum absolute atomic E-state index is 12.3. The van der Waals surface area contributed by atoms with Gasteiger partial charge in [0.25, 0.3) is 11.8 Å². The number of carbonyl (C=O) groups is 2. The Morgan fingerprint density at radius 3 is 2.14 bits per heavy atom. The van der Waals surface area contributed by atoms with E-state index in [4.69, 9.17) is 9.47 Å². The van der Waals surface area contributed by atoms with Crippen molar-refractivity contribution in [3.63, 3.8) is 0 Å². The van der Waals surface area contributed by atoms with Crippen molar-refractivity contribution in [2.45, 2.75) is 6.92 Å². The number of carbonyl (C=O) groups excluding carboxylic acids is 2. The van der Waals surface area contributed by atoms with Crippen LogP contribution in [0.1, 0.15) is 11.1 Å². The van der Waals surface area contributed by atoms with Crippen molar-refractivity contribution in [3.05, 3.63) is 83.9 Å². The molecule has 0 saturated carbocycles. The standard InChI is InChI=1S/C26H28N4O6S/c1-19-4-10-22(11-5-19)30(37(3,33)34)17-25(31)29-27-16-20-6-12-24(13-7-20)36-18-26(32)28-21-8-14-23(35-2)15-9-21/h4-16H,17-18H2,1-3H3,(H,28,32)(H,29,31)/b27-16-. The van der Waals surface area contributed by atoms with Gasteiger partial charge in [-0.05, 0) is 73.2 Å². The molecule has 0 spiro atoms. The summed E-state index contributed by atoms with van der Waals surface area (Å²) >= 11 is 0. The SMILES string of the molecule is COc1ccc(NC(=O)COc2ccc(/C=N\NC(=O)CN(c3ccc(C)cc3)S(C)(=O)=O)cc2)cc1. The average Bonchev–Trinajstić information content (AvgIpc) is 2.87. The van der Waals surface area contributed by atoms with Gasteiger partial charge < -0.3 is 14.8 Å². The van der Waals surface area contributed by atoms with Crippen LogP contribution < -0.4 is 24.5 Å². The molecule has 3 rings (SSSR count). The molecule has 3 aromatic carbocycles. The highest BCUT2D eigenvalue weighted by Crippen LogP contribution is 2.18. The summed E-state index contributed by atoms with van der Waals surface area (Å²) in [6.45, 7) is 1.30. The van der Waals surface area contributed by atoms with Crippen LogP contribution in [0.25, 0.3) is 0 Å². The van der Waals surface area contributed by atoms with E-state index in [1.165, 1.54) is 6.21 Å². The Morgan fingerprint density at radius 2 is 1.54 bits per heavy atom. The monoisotopic (exact) mass is 524 g/mol. The Kier molecular flexibility index (Phi) is 9.22. The number of aryl methyl sites for hydroxylation is 1. The predicted octanol–water partition coefficient (Wildman–Crippen LogP) is 2.94. The van der Waals surface area contributed by atoms with Crippen LogP contribution in [0.5, 0.6) is 11.5 Å². The van der Waals surface area contributed by atoms with E-state index in [2.05, 4.69) is 15.8 Å². The van der Waals surface area contributed by atoms with Gasteiger partial charge in [0.05, 0.1) is 25.3 Å². The first-order valence-corrected chi connectivity index (χ1v) is 13.0. The third-order valence-corrected chi connectivity index (χ3v) is 6.18. The lowest BCUT2D eigenvalue weighted by Crippen LogP contribution is -2.39. The summed E-state index contributed by atoms with van der Waals surface area (Å²) < 4.78 is 35.9. The highest BCUT2D eigenvalue weighted by atomic mass is 32.2. The first-order chi connectivity index (χ1) is 17.6. The predicted molar refractivity (Wildman–Crippen MR) is 143 cm³/mol. The summed E-state index contributed by atoms with van der Waals surface area (Å²) in [5, 5.41) is 6.61. The molecule has 194 valence electrons. The highest BCUT2D eigenvalue weighted by Gasteiger charge is 2.20. The second kappa shape index (κ2) is 12.5. The number of nitrogens with zero attached hydrogens (tertiary/aromatic N) is 2. The number of methoxy groups -OCH3 is 1. The molecule has 0 heterocycles. The fourth-order valence-corrected chi connectivity index (χ4v) is 3.98. The highest BCUT2D eigenvalue weighted by molar-refractivity contribution is 7.92. The van der Waals surface area contributed by atoms with Gasteiger partial charge in [-0.2, -0.15) is 5.10 Å². The number of rotatable bonds is 11. The van der Waals surface area contributed by atoms with Crippen LogP contribution in [0.2, 0.25) is 0 Å². The molecule has 2 N–H and O–H groups in total. The lowest BCUT2D eigenvalue weighted by molar-refractivity contribution is -0.119. The van der Waals surface area contributed by atoms with E-state index in [0.29, 0.717) is 28.4 Å². The van der Waals surface area contributed by atoms with Gasteiger partial charge in [0.1, 0.15) is 18.0 Å². The summed E-state index contributed by atoms with van der Waals surface area (Å²) in [5.74, 6) is 0.265. The van der Waals surface area contributed by atoms with Gasteiger partial charge in [0.2, 0.25) is 10.0 Å². The first kappa shape index (κ1) is 27.2. The Labute approximate surface area is 216 Å². The lowest BCUT2D eigenvalue weighted by atomic mass is 10.2. The minimum atomic E-state index is -3.67. The third kappa shape index (κ3) is 8.65. The number of ether oxygens (including phenoxy) is 2. The van der Waals surface area contributed by atoms with Crippen LogP contribution in [0.3, 0.4) is 0 Å². The van der Waals surface area contributed by atoms with Crippen molar-refractivity contribution in [1.82, 2.24) is 5.43 Å². The normalized spacial score (nSPS) is 11.1. The van der Waals surface area contributed by atoms with Crippen molar-refractivity contribution in [1.29, 1.82) is 0 Å². The average molecular weight is 525 g/mol. The van der Waals surface area contributed by atoms with Gasteiger partial charge in [-0.25, -0.2) is 13.8 Å². The van der Waals surface area contributed by atoms with E-state index in [0.717, 1.165) is 16.1 Å². The molecule has 0 bridgehead atoms. The smallest absolute Gasteiger partial charge is 0.262 e. The molecule has 37 heavy (non-hydrogen) atoms. The van der Waals surface area contributed by atoms with Crippen molar-refractivity contribution in [3.8, 4) is 11.5 Å². The van der Waals surface area contributed by atoms with Crippen LogP contribution in [0.4, 0.5) is 11.4 Å². The Bertz CT molecular complexity index is 1340. The quantitative estimate of drug-likeness (QED) is 0.293. The molecule has 0 radical (unpaired) electrons. The molecule has 0 saturated heterocycles. The Morgan fingerprint density at radius 1 is 0.919 bits per heavy atom. The number of hydrazone groups is 1. The number of anilines is 2. The number of sulfonamides is 1. The van der Waals surface area contributed by atoms with E-state index in [9.17, 15) is 18.0 Å². The van der Waals surface area contributed by atoms with Crippen LogP contribution in [0.15, 0.2) is 77.9 Å². The van der Waals surface area contributed by atoms with E-state index < -0.39 is 22.5 Å². The van der Waals surface area contributed by atoms with Gasteiger partial charge in [0, 0.05) is 5.69 Å². The lowest BCUT2D eigenvalue weighted by Gasteiger charge is -2.21. The van der Waals surface area contributed by atoms with Crippen LogP contribution in [-0.2, 0) is 19.6 Å². The van der Waals surface area contributed by atoms with Gasteiger partial charge in [0.15, 0.2) is 6.61 Å². The molecule has 11 heteroatoms. The Balaban J connectivity index is 1.48. The molecule has 0 aromatic heterocycles. The van der Waals surface area contributed by atoms with Gasteiger partial charge in [-0.15, -0.1) is 0 Å². The van der Waals surface area contributed by atoms with Gasteiger partial charge in [-0.1, -0.05) is 17.7 Å². The fraction of sp³-hybridized carbons (Fsp3) is 0.192. The minimum absolute atomic E-state index is 0.173. The van der Waals surface area contributed by atoms with E-state index in [1.54, 1.807) is 79.9 Å². The van der Waals surface area contributed by atoms with Crippen LogP contribution in [0, 0.1) is 6.92 Å². The van der Waals surface area contributed by atoms with Gasteiger partial charge in [-0.3, -0.25) is 13.9 Å². The zero-order chi connectivity index (χ0) is 26.8. The van der Waals surface area contributed by atoms with E-state index in [1.807, 2.05) is 6.92 Å². The van der Waals surface area contributed by atoms with Crippen LogP contribution in [-0.4, -0.2) is 53.0 Å². The summed E-state index contributed by atoms with van der Waals surface area (Å²) in [4.78, 5) is 24.4. The minimum Gasteiger partial charge on any atom is -0.497 e. The molecule has 2 amide bonds. The molecule has 0 aliphatic rings. The van der Waals surface area contributed by atoms with Crippen molar-refractivity contribution >= 4 is 39.4 Å². The number of amides is 2. The number of nitrogens with one attached hydrogen (secondary N) is 2. The van der Waals surface area contributed by atoms with Crippen LogP contribution >= 0.6 is 0 Å². The van der Waals surface area contributed by atoms with E-state index >= 15 is 0 Å². The molecule has 3 aromatic rings. The first-order valence-electron chi connectivity index (χ1n) is 11.2. The molecule has 0 atom stereocenters. The molecular formula is C26H28N4O6S. The fourth-order valence-electron chi connectivity index (χ4n) is 3.13. The van der Waals surface area contributed by atoms with Crippen molar-refractivity contribution in [2.75, 3.05) is 36.1 Å². The molecule has 0 aliphatic carbocycles. The summed E-state index contributed by atoms with van der Waals surface area (Å²) in [5.41, 5.74) is 4.98. The number of hydrogen-bond donors (Lipinski definition) is 2. The largest absolute Gasteiger partial charge is 0.497 e. The molecule has 0 fully saturated rings. The number of hydrogen-bond acceptors (Lipinski definition) is 7. The van der Waals surface area contributed by atoms with E-state index in [-0.39, 0.29) is 12.5 Å².